The molecular formula is C18H26N2O. The number of benzene rings is 1. The van der Waals surface area contributed by atoms with Gasteiger partial charge in [-0.25, -0.2) is 0 Å². The maximum absolute atomic E-state index is 12.8. The smallest absolute Gasteiger partial charge is 0.227 e. The minimum Gasteiger partial charge on any atom is -0.399 e. The van der Waals surface area contributed by atoms with Crippen LogP contribution in [0.5, 0.6) is 0 Å². The van der Waals surface area contributed by atoms with Gasteiger partial charge in [0.15, 0.2) is 0 Å². The van der Waals surface area contributed by atoms with Gasteiger partial charge in [0, 0.05) is 24.3 Å². The molecule has 2 fully saturated rings. The molecule has 2 aliphatic carbocycles. The highest BCUT2D eigenvalue weighted by molar-refractivity contribution is 5.94. The lowest BCUT2D eigenvalue weighted by molar-refractivity contribution is -0.119. The predicted molar refractivity (Wildman–Crippen MR) is 87.1 cm³/mol. The highest BCUT2D eigenvalue weighted by atomic mass is 16.2. The zero-order valence-corrected chi connectivity index (χ0v) is 12.9. The molecule has 3 heteroatoms. The summed E-state index contributed by atoms with van der Waals surface area (Å²) in [5.74, 6) is 2.61. The molecule has 0 spiro atoms. The van der Waals surface area contributed by atoms with E-state index in [0.717, 1.165) is 42.6 Å². The van der Waals surface area contributed by atoms with E-state index < -0.39 is 0 Å². The Balaban J connectivity index is 1.70. The highest BCUT2D eigenvalue weighted by Crippen LogP contribution is 2.49. The van der Waals surface area contributed by atoms with Crippen molar-refractivity contribution in [3.05, 3.63) is 24.3 Å². The number of hydrogen-bond acceptors (Lipinski definition) is 2. The Morgan fingerprint density at radius 2 is 2.19 bits per heavy atom. The maximum Gasteiger partial charge on any atom is 0.227 e. The molecule has 0 aromatic heterocycles. The summed E-state index contributed by atoms with van der Waals surface area (Å²) in [5, 5.41) is 0. The summed E-state index contributed by atoms with van der Waals surface area (Å²) in [6.07, 6.45) is 7.06. The first kappa shape index (κ1) is 14.4. The van der Waals surface area contributed by atoms with Crippen LogP contribution in [0.4, 0.5) is 11.4 Å². The van der Waals surface area contributed by atoms with E-state index in [1.165, 1.54) is 25.7 Å². The third kappa shape index (κ3) is 3.07. The lowest BCUT2D eigenvalue weighted by Gasteiger charge is -2.27. The summed E-state index contributed by atoms with van der Waals surface area (Å²) in [4.78, 5) is 14.7. The number of rotatable bonds is 5. The summed E-state index contributed by atoms with van der Waals surface area (Å²) in [6, 6.07) is 7.70. The minimum atomic E-state index is 0.278. The summed E-state index contributed by atoms with van der Waals surface area (Å²) >= 11 is 0. The fourth-order valence-corrected chi connectivity index (χ4v) is 4.28. The largest absolute Gasteiger partial charge is 0.399 e. The van der Waals surface area contributed by atoms with Gasteiger partial charge in [0.25, 0.3) is 0 Å². The molecule has 2 aliphatic rings. The molecule has 1 aromatic rings. The summed E-state index contributed by atoms with van der Waals surface area (Å²) < 4.78 is 0. The van der Waals surface area contributed by atoms with Gasteiger partial charge in [-0.3, -0.25) is 4.79 Å². The zero-order chi connectivity index (χ0) is 14.8. The summed E-state index contributed by atoms with van der Waals surface area (Å²) in [5.41, 5.74) is 7.54. The van der Waals surface area contributed by atoms with Gasteiger partial charge in [-0.1, -0.05) is 19.4 Å². The molecule has 0 aliphatic heterocycles. The standard InChI is InChI=1S/C18H26N2O/c1-2-8-20(17-5-3-4-16(19)12-17)18(21)11-15-10-13-6-7-14(15)9-13/h3-5,12-15H,2,6-11,19H2,1H3. The molecule has 3 atom stereocenters. The minimum absolute atomic E-state index is 0.278. The van der Waals surface area contributed by atoms with Gasteiger partial charge in [0.1, 0.15) is 0 Å². The van der Waals surface area contributed by atoms with E-state index in [1.54, 1.807) is 0 Å². The molecule has 3 nitrogen and oxygen atoms in total. The van der Waals surface area contributed by atoms with Crippen LogP contribution in [0, 0.1) is 17.8 Å². The number of carbonyl (C=O) groups is 1. The van der Waals surface area contributed by atoms with Crippen molar-refractivity contribution in [1.82, 2.24) is 0 Å². The van der Waals surface area contributed by atoms with Gasteiger partial charge in [-0.15, -0.1) is 0 Å². The fraction of sp³-hybridized carbons (Fsp3) is 0.611. The van der Waals surface area contributed by atoms with Crippen LogP contribution >= 0.6 is 0 Å². The monoisotopic (exact) mass is 286 g/mol. The SMILES string of the molecule is CCCN(C(=O)CC1CC2CCC1C2)c1cccc(N)c1. The number of nitrogens with two attached hydrogens (primary N) is 1. The lowest BCUT2D eigenvalue weighted by Crippen LogP contribution is -2.33. The Hall–Kier alpha value is -1.51. The van der Waals surface area contributed by atoms with Crippen molar-refractivity contribution in [1.29, 1.82) is 0 Å². The van der Waals surface area contributed by atoms with Crippen LogP contribution in [0.25, 0.3) is 0 Å². The average Bonchev–Trinajstić information content (AvgIpc) is 3.07. The zero-order valence-electron chi connectivity index (χ0n) is 12.9. The van der Waals surface area contributed by atoms with Crippen molar-refractivity contribution in [2.45, 2.75) is 45.4 Å². The van der Waals surface area contributed by atoms with Crippen LogP contribution in [0.3, 0.4) is 0 Å². The molecular weight excluding hydrogens is 260 g/mol. The third-order valence-corrected chi connectivity index (χ3v) is 5.25. The molecule has 2 N–H and O–H groups in total. The Bertz CT molecular complexity index is 514. The molecule has 114 valence electrons. The van der Waals surface area contributed by atoms with Crippen LogP contribution in [-0.4, -0.2) is 12.5 Å². The molecule has 21 heavy (non-hydrogen) atoms. The summed E-state index contributed by atoms with van der Waals surface area (Å²) in [6.45, 7) is 2.90. The molecule has 3 rings (SSSR count). The first-order chi connectivity index (χ1) is 10.2. The fourth-order valence-electron chi connectivity index (χ4n) is 4.28. The van der Waals surface area contributed by atoms with Crippen molar-refractivity contribution in [3.63, 3.8) is 0 Å². The van der Waals surface area contributed by atoms with Crippen molar-refractivity contribution in [3.8, 4) is 0 Å². The highest BCUT2D eigenvalue weighted by Gasteiger charge is 2.40. The molecule has 1 aromatic carbocycles. The van der Waals surface area contributed by atoms with E-state index in [0.29, 0.717) is 5.92 Å². The Labute approximate surface area is 127 Å². The average molecular weight is 286 g/mol. The Morgan fingerprint density at radius 1 is 1.33 bits per heavy atom. The molecule has 0 radical (unpaired) electrons. The predicted octanol–water partition coefficient (Wildman–Crippen LogP) is 3.84. The molecule has 2 saturated carbocycles. The van der Waals surface area contributed by atoms with Gasteiger partial charge >= 0.3 is 0 Å². The molecule has 1 amide bonds. The first-order valence-corrected chi connectivity index (χ1v) is 8.33. The van der Waals surface area contributed by atoms with Crippen LogP contribution in [0.2, 0.25) is 0 Å². The number of anilines is 2. The van der Waals surface area contributed by atoms with Gasteiger partial charge in [0.2, 0.25) is 5.91 Å². The van der Waals surface area contributed by atoms with Crippen molar-refractivity contribution in [2.24, 2.45) is 17.8 Å². The van der Waals surface area contributed by atoms with Crippen molar-refractivity contribution < 1.29 is 4.79 Å². The second kappa shape index (κ2) is 6.08. The van der Waals surface area contributed by atoms with E-state index in [9.17, 15) is 4.79 Å². The van der Waals surface area contributed by atoms with Crippen LogP contribution in [0.1, 0.15) is 45.4 Å². The number of nitrogens with zero attached hydrogens (tertiary/aromatic N) is 1. The quantitative estimate of drug-likeness (QED) is 0.836. The van der Waals surface area contributed by atoms with Crippen molar-refractivity contribution in [2.75, 3.05) is 17.2 Å². The topological polar surface area (TPSA) is 46.3 Å². The lowest BCUT2D eigenvalue weighted by atomic mass is 9.86. The molecule has 0 saturated heterocycles. The molecule has 3 unspecified atom stereocenters. The third-order valence-electron chi connectivity index (χ3n) is 5.25. The number of fused-ring (bicyclic) bond motifs is 2. The number of nitrogen functional groups attached to an aromatic ring is 1. The first-order valence-electron chi connectivity index (χ1n) is 8.33. The van der Waals surface area contributed by atoms with Crippen LogP contribution < -0.4 is 10.6 Å². The number of amides is 1. The summed E-state index contributed by atoms with van der Waals surface area (Å²) in [7, 11) is 0. The number of carbonyl (C=O) groups excluding carboxylic acids is 1. The van der Waals surface area contributed by atoms with E-state index >= 15 is 0 Å². The second-order valence-electron chi connectivity index (χ2n) is 6.78. The maximum atomic E-state index is 12.8. The van der Waals surface area contributed by atoms with Gasteiger partial charge < -0.3 is 10.6 Å². The Morgan fingerprint density at radius 3 is 2.81 bits per heavy atom. The van der Waals surface area contributed by atoms with Crippen LogP contribution in [-0.2, 0) is 4.79 Å². The van der Waals surface area contributed by atoms with E-state index in [1.807, 2.05) is 29.2 Å². The molecule has 0 heterocycles. The molecule has 2 bridgehead atoms. The van der Waals surface area contributed by atoms with E-state index in [4.69, 9.17) is 5.73 Å². The normalized spacial score (nSPS) is 27.0. The van der Waals surface area contributed by atoms with Gasteiger partial charge in [-0.05, 0) is 61.6 Å². The Kier molecular flexibility index (Phi) is 4.18. The second-order valence-corrected chi connectivity index (χ2v) is 6.78. The van der Waals surface area contributed by atoms with Gasteiger partial charge in [-0.2, -0.15) is 0 Å². The number of hydrogen-bond donors (Lipinski definition) is 1. The van der Waals surface area contributed by atoms with Gasteiger partial charge in [0.05, 0.1) is 0 Å². The van der Waals surface area contributed by atoms with Crippen LogP contribution in [0.15, 0.2) is 24.3 Å². The van der Waals surface area contributed by atoms with E-state index in [-0.39, 0.29) is 5.91 Å². The van der Waals surface area contributed by atoms with E-state index in [2.05, 4.69) is 6.92 Å². The van der Waals surface area contributed by atoms with Crippen molar-refractivity contribution >= 4 is 17.3 Å².